The molecule has 0 saturated carbocycles. The molecular weight excluding hydrogens is 290 g/mol. The largest absolute Gasteiger partial charge is 0.374 e. The van der Waals surface area contributed by atoms with Crippen molar-refractivity contribution in [1.82, 2.24) is 10.2 Å². The van der Waals surface area contributed by atoms with Gasteiger partial charge >= 0.3 is 0 Å². The normalized spacial score (nSPS) is 13.6. The van der Waals surface area contributed by atoms with E-state index < -0.39 is 0 Å². The third-order valence-electron chi connectivity index (χ3n) is 3.00. The van der Waals surface area contributed by atoms with Crippen molar-refractivity contribution in [2.24, 2.45) is 0 Å². The first-order chi connectivity index (χ1) is 10.1. The van der Waals surface area contributed by atoms with Gasteiger partial charge in [-0.3, -0.25) is 19.8 Å². The molecule has 1 aromatic carbocycles. The molecule has 0 saturated heterocycles. The fraction of sp³-hybridized carbons (Fsp3) is 0.231. The number of aromatic nitrogens is 2. The second-order valence-electron chi connectivity index (χ2n) is 4.52. The lowest BCUT2D eigenvalue weighted by Crippen LogP contribution is -2.44. The zero-order chi connectivity index (χ0) is 14.8. The summed E-state index contributed by atoms with van der Waals surface area (Å²) < 4.78 is 0. The van der Waals surface area contributed by atoms with E-state index in [1.54, 1.807) is 0 Å². The number of hydrogen-bond donors (Lipinski definition) is 2. The van der Waals surface area contributed by atoms with Gasteiger partial charge in [-0.25, -0.2) is 0 Å². The van der Waals surface area contributed by atoms with Crippen LogP contribution in [-0.4, -0.2) is 35.1 Å². The van der Waals surface area contributed by atoms with Crippen LogP contribution in [0.3, 0.4) is 0 Å². The number of hydrogen-bond acceptors (Lipinski definition) is 6. The fourth-order valence-electron chi connectivity index (χ4n) is 2.08. The molecule has 108 valence electrons. The first-order valence-corrected chi connectivity index (χ1v) is 7.18. The highest BCUT2D eigenvalue weighted by molar-refractivity contribution is 7.15. The van der Waals surface area contributed by atoms with Gasteiger partial charge in [-0.15, -0.1) is 10.2 Å². The summed E-state index contributed by atoms with van der Waals surface area (Å²) in [5.74, 6) is -0.437. The van der Waals surface area contributed by atoms with Crippen molar-refractivity contribution in [1.29, 1.82) is 0 Å². The van der Waals surface area contributed by atoms with Crippen LogP contribution in [0.4, 0.5) is 16.5 Å². The molecule has 0 unspecified atom stereocenters. The molecule has 3 rings (SSSR count). The number of carbonyl (C=O) groups is 2. The maximum absolute atomic E-state index is 12.1. The van der Waals surface area contributed by atoms with E-state index in [4.69, 9.17) is 0 Å². The number of aryl methyl sites for hydroxylation is 1. The summed E-state index contributed by atoms with van der Waals surface area (Å²) >= 11 is 1.29. The maximum atomic E-state index is 12.1. The molecule has 8 heteroatoms. The minimum Gasteiger partial charge on any atom is -0.374 e. The Kier molecular flexibility index (Phi) is 3.53. The Morgan fingerprint density at radius 1 is 1.43 bits per heavy atom. The van der Waals surface area contributed by atoms with Crippen LogP contribution < -0.4 is 15.5 Å². The molecule has 7 nitrogen and oxygen atoms in total. The lowest BCUT2D eigenvalue weighted by atomic mass is 10.2. The number of nitrogens with zero attached hydrogens (tertiary/aromatic N) is 3. The molecule has 2 N–H and O–H groups in total. The number of fused-ring (bicyclic) bond motifs is 1. The van der Waals surface area contributed by atoms with Gasteiger partial charge in [0.1, 0.15) is 11.6 Å². The van der Waals surface area contributed by atoms with Crippen LogP contribution >= 0.6 is 11.3 Å². The molecule has 1 aliphatic rings. The smallest absolute Gasteiger partial charge is 0.246 e. The SMILES string of the molecule is Cc1nnc(NC(=O)CN2C(=O)CNc3ccccc32)s1. The van der Waals surface area contributed by atoms with Crippen molar-refractivity contribution in [2.45, 2.75) is 6.92 Å². The minimum absolute atomic E-state index is 0.0455. The van der Waals surface area contributed by atoms with Gasteiger partial charge in [0.2, 0.25) is 16.9 Å². The highest BCUT2D eigenvalue weighted by Gasteiger charge is 2.25. The van der Waals surface area contributed by atoms with Gasteiger partial charge in [0, 0.05) is 0 Å². The van der Waals surface area contributed by atoms with E-state index in [1.807, 2.05) is 31.2 Å². The van der Waals surface area contributed by atoms with Crippen molar-refractivity contribution in [3.05, 3.63) is 29.3 Å². The van der Waals surface area contributed by atoms with E-state index in [9.17, 15) is 9.59 Å². The summed E-state index contributed by atoms with van der Waals surface area (Å²) in [6.07, 6.45) is 0. The van der Waals surface area contributed by atoms with Crippen LogP contribution in [0.25, 0.3) is 0 Å². The van der Waals surface area contributed by atoms with Crippen molar-refractivity contribution < 1.29 is 9.59 Å². The van der Waals surface area contributed by atoms with Gasteiger partial charge in [-0.1, -0.05) is 23.5 Å². The molecule has 0 atom stereocenters. The molecule has 1 aliphatic heterocycles. The standard InChI is InChI=1S/C13H13N5O2S/c1-8-16-17-13(21-8)15-11(19)7-18-10-5-3-2-4-9(10)14-6-12(18)20/h2-5,14H,6-7H2,1H3,(H,15,17,19). The molecule has 2 amide bonds. The number of amides is 2. The van der Waals surface area contributed by atoms with E-state index in [2.05, 4.69) is 20.8 Å². The Balaban J connectivity index is 1.74. The molecule has 0 aliphatic carbocycles. The molecule has 0 bridgehead atoms. The number of para-hydroxylation sites is 2. The van der Waals surface area contributed by atoms with E-state index >= 15 is 0 Å². The Labute approximate surface area is 125 Å². The van der Waals surface area contributed by atoms with Crippen LogP contribution in [0.5, 0.6) is 0 Å². The quantitative estimate of drug-likeness (QED) is 0.891. The molecule has 1 aromatic heterocycles. The van der Waals surface area contributed by atoms with E-state index in [0.29, 0.717) is 10.8 Å². The van der Waals surface area contributed by atoms with Crippen LogP contribution in [0, 0.1) is 6.92 Å². The lowest BCUT2D eigenvalue weighted by molar-refractivity contribution is -0.120. The van der Waals surface area contributed by atoms with Crippen LogP contribution in [-0.2, 0) is 9.59 Å². The number of carbonyl (C=O) groups excluding carboxylic acids is 2. The van der Waals surface area contributed by atoms with Crippen molar-refractivity contribution in [3.8, 4) is 0 Å². The predicted molar refractivity (Wildman–Crippen MR) is 80.6 cm³/mol. The van der Waals surface area contributed by atoms with Gasteiger partial charge in [-0.05, 0) is 19.1 Å². The summed E-state index contributed by atoms with van der Waals surface area (Å²) in [6, 6.07) is 7.39. The van der Waals surface area contributed by atoms with Crippen molar-refractivity contribution in [2.75, 3.05) is 28.6 Å². The Morgan fingerprint density at radius 3 is 3.00 bits per heavy atom. The van der Waals surface area contributed by atoms with Gasteiger partial charge in [0.05, 0.1) is 17.9 Å². The minimum atomic E-state index is -0.295. The maximum Gasteiger partial charge on any atom is 0.246 e. The molecule has 2 aromatic rings. The summed E-state index contributed by atoms with van der Waals surface area (Å²) in [5, 5.41) is 14.6. The summed E-state index contributed by atoms with van der Waals surface area (Å²) in [5.41, 5.74) is 1.55. The molecule has 0 spiro atoms. The average Bonchev–Trinajstić information content (AvgIpc) is 2.87. The van der Waals surface area contributed by atoms with E-state index in [-0.39, 0.29) is 24.9 Å². The molecule has 2 heterocycles. The third-order valence-corrected chi connectivity index (χ3v) is 3.75. The Morgan fingerprint density at radius 2 is 2.24 bits per heavy atom. The molecule has 21 heavy (non-hydrogen) atoms. The van der Waals surface area contributed by atoms with E-state index in [0.717, 1.165) is 10.7 Å². The van der Waals surface area contributed by atoms with Crippen LogP contribution in [0.1, 0.15) is 5.01 Å². The summed E-state index contributed by atoms with van der Waals surface area (Å²) in [6.45, 7) is 1.95. The lowest BCUT2D eigenvalue weighted by Gasteiger charge is -2.29. The summed E-state index contributed by atoms with van der Waals surface area (Å²) in [4.78, 5) is 25.5. The number of rotatable bonds is 3. The van der Waals surface area contributed by atoms with Crippen molar-refractivity contribution in [3.63, 3.8) is 0 Å². The molecule has 0 radical (unpaired) electrons. The second kappa shape index (κ2) is 5.49. The van der Waals surface area contributed by atoms with Gasteiger partial charge in [-0.2, -0.15) is 0 Å². The zero-order valence-electron chi connectivity index (χ0n) is 11.3. The third kappa shape index (κ3) is 2.84. The number of nitrogens with one attached hydrogen (secondary N) is 2. The predicted octanol–water partition coefficient (Wildman–Crippen LogP) is 1.24. The van der Waals surface area contributed by atoms with E-state index in [1.165, 1.54) is 16.2 Å². The highest BCUT2D eigenvalue weighted by atomic mass is 32.1. The van der Waals surface area contributed by atoms with Crippen LogP contribution in [0.2, 0.25) is 0 Å². The Bertz CT molecular complexity index is 699. The zero-order valence-corrected chi connectivity index (χ0v) is 12.1. The molecule has 0 fully saturated rings. The first kappa shape index (κ1) is 13.5. The summed E-state index contributed by atoms with van der Waals surface area (Å²) in [7, 11) is 0. The Hall–Kier alpha value is -2.48. The van der Waals surface area contributed by atoms with Crippen molar-refractivity contribution >= 4 is 39.7 Å². The average molecular weight is 303 g/mol. The highest BCUT2D eigenvalue weighted by Crippen LogP contribution is 2.28. The first-order valence-electron chi connectivity index (χ1n) is 6.37. The second-order valence-corrected chi connectivity index (χ2v) is 5.71. The van der Waals surface area contributed by atoms with Gasteiger partial charge < -0.3 is 5.32 Å². The number of anilines is 3. The molecular formula is C13H13N5O2S. The van der Waals surface area contributed by atoms with Crippen LogP contribution in [0.15, 0.2) is 24.3 Å². The van der Waals surface area contributed by atoms with Gasteiger partial charge in [0.25, 0.3) is 0 Å². The number of benzene rings is 1. The topological polar surface area (TPSA) is 87.2 Å². The van der Waals surface area contributed by atoms with Gasteiger partial charge in [0.15, 0.2) is 0 Å². The fourth-order valence-corrected chi connectivity index (χ4v) is 2.69. The monoisotopic (exact) mass is 303 g/mol.